The van der Waals surface area contributed by atoms with E-state index in [0.717, 1.165) is 35.9 Å². The van der Waals surface area contributed by atoms with E-state index in [1.807, 2.05) is 34.9 Å². The Morgan fingerprint density at radius 2 is 1.65 bits per heavy atom. The molecule has 1 heterocycles. The summed E-state index contributed by atoms with van der Waals surface area (Å²) in [6, 6.07) is 20.5. The first-order valence-corrected chi connectivity index (χ1v) is 15.4. The van der Waals surface area contributed by atoms with Crippen molar-refractivity contribution in [3.8, 4) is 11.4 Å². The van der Waals surface area contributed by atoms with Gasteiger partial charge < -0.3 is 25.8 Å². The van der Waals surface area contributed by atoms with E-state index in [9.17, 15) is 18.4 Å². The molecular formula is C34H32Cl2F2N6O2. The van der Waals surface area contributed by atoms with Gasteiger partial charge in [0.2, 0.25) is 5.91 Å². The topological polar surface area (TPSA) is 105 Å². The highest BCUT2D eigenvalue weighted by atomic mass is 35.5. The molecule has 1 aromatic heterocycles. The van der Waals surface area contributed by atoms with E-state index in [2.05, 4.69) is 29.4 Å². The quantitative estimate of drug-likeness (QED) is 0.133. The van der Waals surface area contributed by atoms with Gasteiger partial charge in [-0.2, -0.15) is 0 Å². The van der Waals surface area contributed by atoms with Crippen LogP contribution in [0.4, 0.5) is 25.0 Å². The van der Waals surface area contributed by atoms with E-state index in [0.29, 0.717) is 33.2 Å². The number of hydrogen-bond donors (Lipinski definition) is 3. The second kappa shape index (κ2) is 14.2. The van der Waals surface area contributed by atoms with Crippen LogP contribution in [0.5, 0.6) is 0 Å². The van der Waals surface area contributed by atoms with E-state index in [-0.39, 0.29) is 18.0 Å². The van der Waals surface area contributed by atoms with Gasteiger partial charge in [-0.25, -0.2) is 18.6 Å². The highest BCUT2D eigenvalue weighted by Crippen LogP contribution is 2.31. The van der Waals surface area contributed by atoms with Crippen LogP contribution in [-0.4, -0.2) is 34.6 Å². The highest BCUT2D eigenvalue weighted by Gasteiger charge is 2.21. The van der Waals surface area contributed by atoms with Crippen LogP contribution in [0, 0.1) is 11.6 Å². The third-order valence-corrected chi connectivity index (χ3v) is 8.38. The number of imidazole rings is 1. The molecule has 0 fully saturated rings. The van der Waals surface area contributed by atoms with Crippen LogP contribution < -0.4 is 21.3 Å². The van der Waals surface area contributed by atoms with Gasteiger partial charge in [0.25, 0.3) is 0 Å². The summed E-state index contributed by atoms with van der Waals surface area (Å²) in [5.41, 5.74) is 10.3. The summed E-state index contributed by atoms with van der Waals surface area (Å²) in [6.45, 7) is 6.12. The summed E-state index contributed by atoms with van der Waals surface area (Å²) >= 11 is 12.0. The number of nitrogens with two attached hydrogens (primary N) is 1. The van der Waals surface area contributed by atoms with Crippen molar-refractivity contribution in [1.29, 1.82) is 0 Å². The Morgan fingerprint density at radius 3 is 2.30 bits per heavy atom. The zero-order valence-corrected chi connectivity index (χ0v) is 26.7. The molecule has 0 aliphatic carbocycles. The monoisotopic (exact) mass is 664 g/mol. The van der Waals surface area contributed by atoms with Crippen molar-refractivity contribution in [3.05, 3.63) is 112 Å². The van der Waals surface area contributed by atoms with Crippen LogP contribution in [0.1, 0.15) is 37.4 Å². The zero-order valence-electron chi connectivity index (χ0n) is 25.2. The van der Waals surface area contributed by atoms with Crippen molar-refractivity contribution in [2.75, 3.05) is 23.3 Å². The first-order valence-electron chi connectivity index (χ1n) is 14.7. The molecule has 0 saturated carbocycles. The molecule has 8 nitrogen and oxygen atoms in total. The normalized spacial score (nSPS) is 11.8. The summed E-state index contributed by atoms with van der Waals surface area (Å²) in [5.74, 6) is -1.86. The maximum absolute atomic E-state index is 14.2. The van der Waals surface area contributed by atoms with Crippen LogP contribution in [-0.2, 0) is 11.3 Å². The van der Waals surface area contributed by atoms with Gasteiger partial charge in [0, 0.05) is 36.6 Å². The third kappa shape index (κ3) is 7.41. The number of primary amides is 1. The molecule has 0 aliphatic rings. The van der Waals surface area contributed by atoms with Crippen molar-refractivity contribution in [2.45, 2.75) is 32.9 Å². The fourth-order valence-electron chi connectivity index (χ4n) is 5.33. The largest absolute Gasteiger partial charge is 0.372 e. The SMILES string of the molecule is CCN(CC)c1ccc(-c2nc3cc(C(CC(N)=O)NC(=O)Nc4ccc(Cl)c(Cl)c4)ccc3n2Cc2ccc(F)c(F)c2)cc1. The van der Waals surface area contributed by atoms with Crippen molar-refractivity contribution < 1.29 is 18.4 Å². The van der Waals surface area contributed by atoms with Gasteiger partial charge in [-0.15, -0.1) is 0 Å². The standard InChI is InChI=1S/C34H32Cl2F2N6O2/c1-3-43(4-2)24-10-6-21(7-11-24)33-41-30-16-22(8-14-31(30)44(33)19-20-5-13-27(37)28(38)15-20)29(18-32(39)45)42-34(46)40-23-9-12-25(35)26(36)17-23/h5-17,29H,3-4,18-19H2,1-2H3,(H2,39,45)(H2,40,42,46). The number of urea groups is 1. The molecule has 1 atom stereocenters. The number of carbonyl (C=O) groups excluding carboxylic acids is 2. The number of nitrogens with one attached hydrogen (secondary N) is 2. The van der Waals surface area contributed by atoms with Crippen LogP contribution in [0.2, 0.25) is 10.0 Å². The number of halogens is 4. The van der Waals surface area contributed by atoms with E-state index in [4.69, 9.17) is 33.9 Å². The van der Waals surface area contributed by atoms with E-state index >= 15 is 0 Å². The fraction of sp³-hybridized carbons (Fsp3) is 0.206. The Labute approximate surface area is 275 Å². The maximum Gasteiger partial charge on any atom is 0.319 e. The lowest BCUT2D eigenvalue weighted by molar-refractivity contribution is -0.118. The predicted molar refractivity (Wildman–Crippen MR) is 179 cm³/mol. The molecule has 0 bridgehead atoms. The molecule has 0 radical (unpaired) electrons. The third-order valence-electron chi connectivity index (χ3n) is 7.64. The molecule has 0 spiro atoms. The maximum atomic E-state index is 14.2. The number of carbonyl (C=O) groups is 2. The Kier molecular flexibility index (Phi) is 10.1. The Hall–Kier alpha value is -4.67. The Morgan fingerprint density at radius 1 is 0.913 bits per heavy atom. The minimum absolute atomic E-state index is 0.171. The van der Waals surface area contributed by atoms with Gasteiger partial charge in [-0.3, -0.25) is 4.79 Å². The molecule has 0 aliphatic heterocycles. The van der Waals surface area contributed by atoms with Crippen molar-refractivity contribution in [2.24, 2.45) is 5.73 Å². The molecule has 4 N–H and O–H groups in total. The highest BCUT2D eigenvalue weighted by molar-refractivity contribution is 6.42. The molecule has 12 heteroatoms. The number of anilines is 2. The first kappa shape index (κ1) is 32.7. The first-order chi connectivity index (χ1) is 22.1. The molecular weight excluding hydrogens is 633 g/mol. The summed E-state index contributed by atoms with van der Waals surface area (Å²) in [4.78, 5) is 32.1. The van der Waals surface area contributed by atoms with Gasteiger partial charge in [0.1, 0.15) is 5.82 Å². The molecule has 238 valence electrons. The molecule has 0 saturated heterocycles. The van der Waals surface area contributed by atoms with Gasteiger partial charge in [0.05, 0.1) is 33.5 Å². The van der Waals surface area contributed by atoms with Gasteiger partial charge >= 0.3 is 6.03 Å². The molecule has 5 aromatic rings. The smallest absolute Gasteiger partial charge is 0.319 e. The van der Waals surface area contributed by atoms with Crippen LogP contribution in [0.25, 0.3) is 22.4 Å². The van der Waals surface area contributed by atoms with Crippen molar-refractivity contribution in [3.63, 3.8) is 0 Å². The molecule has 3 amide bonds. The minimum Gasteiger partial charge on any atom is -0.372 e. The lowest BCUT2D eigenvalue weighted by Crippen LogP contribution is -2.34. The van der Waals surface area contributed by atoms with Crippen LogP contribution in [0.3, 0.4) is 0 Å². The summed E-state index contributed by atoms with van der Waals surface area (Å²) in [5, 5.41) is 6.10. The van der Waals surface area contributed by atoms with Gasteiger partial charge in [0.15, 0.2) is 11.6 Å². The van der Waals surface area contributed by atoms with Gasteiger partial charge in [-0.05, 0) is 91.7 Å². The van der Waals surface area contributed by atoms with E-state index in [1.165, 1.54) is 18.2 Å². The number of fused-ring (bicyclic) bond motifs is 1. The summed E-state index contributed by atoms with van der Waals surface area (Å²) < 4.78 is 29.8. The average molecular weight is 666 g/mol. The number of nitrogens with zero attached hydrogens (tertiary/aromatic N) is 3. The lowest BCUT2D eigenvalue weighted by atomic mass is 10.0. The van der Waals surface area contributed by atoms with Gasteiger partial charge in [-0.1, -0.05) is 35.3 Å². The number of hydrogen-bond acceptors (Lipinski definition) is 4. The Bertz CT molecular complexity index is 1890. The fourth-order valence-corrected chi connectivity index (χ4v) is 5.63. The van der Waals surface area contributed by atoms with Crippen molar-refractivity contribution in [1.82, 2.24) is 14.9 Å². The number of aromatic nitrogens is 2. The summed E-state index contributed by atoms with van der Waals surface area (Å²) in [7, 11) is 0. The van der Waals surface area contributed by atoms with Crippen LogP contribution in [0.15, 0.2) is 78.9 Å². The molecule has 1 unspecified atom stereocenters. The van der Waals surface area contributed by atoms with Crippen LogP contribution >= 0.6 is 23.2 Å². The average Bonchev–Trinajstić information content (AvgIpc) is 3.38. The summed E-state index contributed by atoms with van der Waals surface area (Å²) in [6.07, 6.45) is -0.171. The minimum atomic E-state index is -0.936. The predicted octanol–water partition coefficient (Wildman–Crippen LogP) is 7.92. The molecule has 4 aromatic carbocycles. The van der Waals surface area contributed by atoms with E-state index < -0.39 is 29.6 Å². The van der Waals surface area contributed by atoms with E-state index in [1.54, 1.807) is 24.3 Å². The second-order valence-corrected chi connectivity index (χ2v) is 11.5. The molecule has 46 heavy (non-hydrogen) atoms. The van der Waals surface area contributed by atoms with Crippen molar-refractivity contribution >= 4 is 57.5 Å². The molecule has 5 rings (SSSR count). The number of amides is 3. The lowest BCUT2D eigenvalue weighted by Gasteiger charge is -2.21. The number of benzene rings is 4. The zero-order chi connectivity index (χ0) is 33.0. The number of rotatable bonds is 11. The second-order valence-electron chi connectivity index (χ2n) is 10.7. The Balaban J connectivity index is 1.52.